The summed E-state index contributed by atoms with van der Waals surface area (Å²) >= 11 is 12.2. The van der Waals surface area contributed by atoms with Crippen LogP contribution in [-0.4, -0.2) is 24.5 Å². The Kier molecular flexibility index (Phi) is 7.56. The van der Waals surface area contributed by atoms with Crippen molar-refractivity contribution in [3.8, 4) is 6.07 Å². The van der Waals surface area contributed by atoms with Crippen molar-refractivity contribution in [1.29, 1.82) is 5.26 Å². The van der Waals surface area contributed by atoms with Crippen molar-refractivity contribution in [2.24, 2.45) is 0 Å². The van der Waals surface area contributed by atoms with Crippen molar-refractivity contribution in [3.05, 3.63) is 39.5 Å². The molecule has 0 heterocycles. The van der Waals surface area contributed by atoms with E-state index in [0.717, 1.165) is 0 Å². The van der Waals surface area contributed by atoms with E-state index < -0.39 is 11.9 Å². The molecule has 0 saturated carbocycles. The fourth-order valence-electron chi connectivity index (χ4n) is 1.69. The van der Waals surface area contributed by atoms with Crippen LogP contribution in [0.15, 0.2) is 23.9 Å². The van der Waals surface area contributed by atoms with E-state index in [1.807, 2.05) is 0 Å². The van der Waals surface area contributed by atoms with Gasteiger partial charge in [-0.1, -0.05) is 23.2 Å². The molecule has 0 radical (unpaired) electrons. The number of nitrogens with zero attached hydrogens (tertiary/aromatic N) is 1. The molecule has 1 aromatic rings. The van der Waals surface area contributed by atoms with Crippen LogP contribution in [0.4, 0.5) is 5.69 Å². The Balaban J connectivity index is 3.10. The van der Waals surface area contributed by atoms with Crippen LogP contribution in [0.5, 0.6) is 0 Å². The van der Waals surface area contributed by atoms with Gasteiger partial charge >= 0.3 is 5.97 Å². The van der Waals surface area contributed by atoms with Crippen LogP contribution in [0.3, 0.4) is 0 Å². The van der Waals surface area contributed by atoms with Crippen LogP contribution in [-0.2, 0) is 9.53 Å². The highest BCUT2D eigenvalue weighted by molar-refractivity contribution is 6.41. The summed E-state index contributed by atoms with van der Waals surface area (Å²) in [5, 5.41) is 14.6. The minimum Gasteiger partial charge on any atom is -0.459 e. The lowest BCUT2D eigenvalue weighted by Gasteiger charge is -2.12. The lowest BCUT2D eigenvalue weighted by Crippen LogP contribution is -2.23. The molecule has 0 atom stereocenters. The second kappa shape index (κ2) is 9.16. The molecule has 6 nitrogen and oxygen atoms in total. The number of carbonyl (C=O) groups is 2. The smallest absolute Gasteiger partial charge is 0.350 e. The predicted molar refractivity (Wildman–Crippen MR) is 93.0 cm³/mol. The average molecular weight is 370 g/mol. The van der Waals surface area contributed by atoms with E-state index in [1.165, 1.54) is 18.3 Å². The number of nitrogens with one attached hydrogen (secondary N) is 2. The van der Waals surface area contributed by atoms with Crippen LogP contribution < -0.4 is 10.6 Å². The minimum absolute atomic E-state index is 0.0826. The molecular weight excluding hydrogens is 353 g/mol. The third-order valence-corrected chi connectivity index (χ3v) is 3.42. The van der Waals surface area contributed by atoms with Gasteiger partial charge in [0.05, 0.1) is 27.4 Å². The first kappa shape index (κ1) is 19.8. The van der Waals surface area contributed by atoms with Gasteiger partial charge in [0.15, 0.2) is 5.57 Å². The maximum atomic E-state index is 12.0. The van der Waals surface area contributed by atoms with E-state index in [0.29, 0.717) is 12.2 Å². The normalized spacial score (nSPS) is 11.0. The number of anilines is 1. The maximum Gasteiger partial charge on any atom is 0.350 e. The standard InChI is InChI=1S/C16H17Cl2N3O3/c1-4-20-15(22)13-11(17)5-6-12(14(13)18)21-8-10(7-19)16(23)24-9(2)3/h5-6,8-9,21H,4H2,1-3H3,(H,20,22). The zero-order chi connectivity index (χ0) is 18.3. The highest BCUT2D eigenvalue weighted by Gasteiger charge is 2.18. The SMILES string of the molecule is CCNC(=O)c1c(Cl)ccc(NC=C(C#N)C(=O)OC(C)C)c1Cl. The lowest BCUT2D eigenvalue weighted by atomic mass is 10.1. The highest BCUT2D eigenvalue weighted by atomic mass is 35.5. The molecule has 0 aliphatic heterocycles. The molecular formula is C16H17Cl2N3O3. The molecule has 0 fully saturated rings. The van der Waals surface area contributed by atoms with Crippen molar-refractivity contribution in [2.45, 2.75) is 26.9 Å². The number of ether oxygens (including phenoxy) is 1. The van der Waals surface area contributed by atoms with Gasteiger partial charge in [-0.3, -0.25) is 4.79 Å². The molecule has 0 aliphatic rings. The van der Waals surface area contributed by atoms with Gasteiger partial charge in [0, 0.05) is 12.7 Å². The third kappa shape index (κ3) is 5.15. The third-order valence-electron chi connectivity index (χ3n) is 2.71. The number of amides is 1. The molecule has 0 spiro atoms. The number of hydrogen-bond donors (Lipinski definition) is 2. The Labute approximate surface area is 150 Å². The summed E-state index contributed by atoms with van der Waals surface area (Å²) in [4.78, 5) is 23.7. The summed E-state index contributed by atoms with van der Waals surface area (Å²) in [6, 6.07) is 4.77. The Morgan fingerprint density at radius 3 is 2.58 bits per heavy atom. The number of rotatable bonds is 6. The zero-order valence-electron chi connectivity index (χ0n) is 13.4. The molecule has 24 heavy (non-hydrogen) atoms. The Hall–Kier alpha value is -2.23. The Morgan fingerprint density at radius 1 is 1.38 bits per heavy atom. The maximum absolute atomic E-state index is 12.0. The van der Waals surface area contributed by atoms with Crippen molar-refractivity contribution in [1.82, 2.24) is 5.32 Å². The molecule has 8 heteroatoms. The molecule has 0 bridgehead atoms. The quantitative estimate of drug-likeness (QED) is 0.454. The Morgan fingerprint density at radius 2 is 2.04 bits per heavy atom. The molecule has 0 unspecified atom stereocenters. The van der Waals surface area contributed by atoms with Crippen LogP contribution in [0, 0.1) is 11.3 Å². The van der Waals surface area contributed by atoms with Crippen LogP contribution in [0.1, 0.15) is 31.1 Å². The monoisotopic (exact) mass is 369 g/mol. The van der Waals surface area contributed by atoms with E-state index in [-0.39, 0.29) is 27.3 Å². The summed E-state index contributed by atoms with van der Waals surface area (Å²) in [6.07, 6.45) is 0.819. The first-order valence-electron chi connectivity index (χ1n) is 7.15. The van der Waals surface area contributed by atoms with Crippen LogP contribution >= 0.6 is 23.2 Å². The van der Waals surface area contributed by atoms with E-state index in [2.05, 4.69) is 10.6 Å². The van der Waals surface area contributed by atoms with Gasteiger partial charge in [-0.2, -0.15) is 5.26 Å². The van der Waals surface area contributed by atoms with E-state index in [1.54, 1.807) is 26.8 Å². The van der Waals surface area contributed by atoms with E-state index in [9.17, 15) is 9.59 Å². The number of hydrogen-bond acceptors (Lipinski definition) is 5. The number of halogens is 2. The number of carbonyl (C=O) groups excluding carboxylic acids is 2. The number of nitriles is 1. The summed E-state index contributed by atoms with van der Waals surface area (Å²) < 4.78 is 4.95. The second-order valence-electron chi connectivity index (χ2n) is 4.91. The van der Waals surface area contributed by atoms with Gasteiger partial charge in [-0.15, -0.1) is 0 Å². The summed E-state index contributed by atoms with van der Waals surface area (Å²) in [5.74, 6) is -1.17. The van der Waals surface area contributed by atoms with Gasteiger partial charge in [0.2, 0.25) is 0 Å². The summed E-state index contributed by atoms with van der Waals surface area (Å²) in [7, 11) is 0. The Bertz CT molecular complexity index is 709. The average Bonchev–Trinajstić information content (AvgIpc) is 2.49. The van der Waals surface area contributed by atoms with Crippen molar-refractivity contribution in [2.75, 3.05) is 11.9 Å². The van der Waals surface area contributed by atoms with Gasteiger partial charge in [0.25, 0.3) is 5.91 Å². The molecule has 1 amide bonds. The highest BCUT2D eigenvalue weighted by Crippen LogP contribution is 2.31. The molecule has 0 aromatic heterocycles. The minimum atomic E-state index is -0.756. The molecule has 1 rings (SSSR count). The van der Waals surface area contributed by atoms with Crippen LogP contribution in [0.2, 0.25) is 10.0 Å². The van der Waals surface area contributed by atoms with Gasteiger partial charge in [0.1, 0.15) is 6.07 Å². The van der Waals surface area contributed by atoms with E-state index in [4.69, 9.17) is 33.2 Å². The molecule has 128 valence electrons. The fourth-order valence-corrected chi connectivity index (χ4v) is 2.28. The molecule has 0 saturated heterocycles. The van der Waals surface area contributed by atoms with Gasteiger partial charge in [-0.05, 0) is 32.9 Å². The number of esters is 1. The second-order valence-corrected chi connectivity index (χ2v) is 5.70. The topological polar surface area (TPSA) is 91.2 Å². The number of benzene rings is 1. The lowest BCUT2D eigenvalue weighted by molar-refractivity contribution is -0.142. The summed E-state index contributed by atoms with van der Waals surface area (Å²) in [5.41, 5.74) is 0.212. The van der Waals surface area contributed by atoms with Crippen molar-refractivity contribution >= 4 is 40.8 Å². The fraction of sp³-hybridized carbons (Fsp3) is 0.312. The summed E-state index contributed by atoms with van der Waals surface area (Å²) in [6.45, 7) is 5.54. The van der Waals surface area contributed by atoms with Gasteiger partial charge in [-0.25, -0.2) is 4.79 Å². The van der Waals surface area contributed by atoms with Crippen molar-refractivity contribution in [3.63, 3.8) is 0 Å². The first-order chi connectivity index (χ1) is 11.3. The van der Waals surface area contributed by atoms with Crippen molar-refractivity contribution < 1.29 is 14.3 Å². The molecule has 1 aromatic carbocycles. The van der Waals surface area contributed by atoms with Gasteiger partial charge < -0.3 is 15.4 Å². The van der Waals surface area contributed by atoms with E-state index >= 15 is 0 Å². The first-order valence-corrected chi connectivity index (χ1v) is 7.91. The largest absolute Gasteiger partial charge is 0.459 e. The zero-order valence-corrected chi connectivity index (χ0v) is 15.0. The molecule has 0 aliphatic carbocycles. The predicted octanol–water partition coefficient (Wildman–Crippen LogP) is 3.51. The molecule has 2 N–H and O–H groups in total. The van der Waals surface area contributed by atoms with Crippen LogP contribution in [0.25, 0.3) is 0 Å².